The fraction of sp³-hybridized carbons (Fsp3) is 0.263. The lowest BCUT2D eigenvalue weighted by molar-refractivity contribution is -0.160. The number of ether oxygens (including phenoxy) is 3. The Kier molecular flexibility index (Phi) is 4.20. The van der Waals surface area contributed by atoms with Gasteiger partial charge in [0.2, 0.25) is 12.9 Å². The molecular weight excluding hydrogens is 341 g/mol. The van der Waals surface area contributed by atoms with Gasteiger partial charge in [0.15, 0.2) is 11.5 Å². The van der Waals surface area contributed by atoms with Crippen molar-refractivity contribution in [2.45, 2.75) is 25.6 Å². The molecule has 2 atom stereocenters. The molecule has 4 rings (SSSR count). The standard InChI is InChI=1S/C19H16FNO5/c1-11(12-5-6-16-17(8-12)24-10-23-16)25-19(22)18-9-15(21-26-18)13-3-2-4-14(20)7-13/h2-8,11,18H,9-10H2,1H3/t11-,18-/m0/s1. The molecule has 26 heavy (non-hydrogen) atoms. The SMILES string of the molecule is C[C@H](OC(=O)[C@@H]1CC(c2cccc(F)c2)=NO1)c1ccc2c(c1)OCO2. The molecule has 2 aliphatic heterocycles. The number of nitrogens with zero attached hydrogens (tertiary/aromatic N) is 1. The van der Waals surface area contributed by atoms with Crippen molar-refractivity contribution in [2.75, 3.05) is 6.79 Å². The highest BCUT2D eigenvalue weighted by molar-refractivity contribution is 6.03. The number of fused-ring (bicyclic) bond motifs is 1. The van der Waals surface area contributed by atoms with Gasteiger partial charge in [0, 0.05) is 12.0 Å². The number of esters is 1. The molecule has 0 saturated carbocycles. The Bertz CT molecular complexity index is 882. The zero-order chi connectivity index (χ0) is 18.1. The first kappa shape index (κ1) is 16.4. The second-order valence-electron chi connectivity index (χ2n) is 6.04. The molecule has 2 aromatic rings. The molecule has 7 heteroatoms. The third-order valence-electron chi connectivity index (χ3n) is 4.25. The van der Waals surface area contributed by atoms with Crippen molar-refractivity contribution in [3.05, 3.63) is 59.4 Å². The molecule has 0 spiro atoms. The predicted molar refractivity (Wildman–Crippen MR) is 89.5 cm³/mol. The molecular formula is C19H16FNO5. The third kappa shape index (κ3) is 3.20. The zero-order valence-electron chi connectivity index (χ0n) is 14.0. The number of halogens is 1. The van der Waals surface area contributed by atoms with Crippen molar-refractivity contribution in [2.24, 2.45) is 5.16 Å². The minimum absolute atomic E-state index is 0.184. The molecule has 2 aromatic carbocycles. The largest absolute Gasteiger partial charge is 0.455 e. The van der Waals surface area contributed by atoms with Crippen molar-refractivity contribution in [3.63, 3.8) is 0 Å². The monoisotopic (exact) mass is 357 g/mol. The van der Waals surface area contributed by atoms with Crippen LogP contribution in [0.1, 0.15) is 30.6 Å². The molecule has 0 unspecified atom stereocenters. The van der Waals surface area contributed by atoms with Crippen molar-refractivity contribution in [1.29, 1.82) is 0 Å². The van der Waals surface area contributed by atoms with Crippen molar-refractivity contribution >= 4 is 11.7 Å². The van der Waals surface area contributed by atoms with Gasteiger partial charge in [-0.15, -0.1) is 0 Å². The Hall–Kier alpha value is -3.09. The first-order chi connectivity index (χ1) is 12.6. The van der Waals surface area contributed by atoms with Crippen LogP contribution in [0, 0.1) is 5.82 Å². The quantitative estimate of drug-likeness (QED) is 0.785. The van der Waals surface area contributed by atoms with Crippen LogP contribution in [0.25, 0.3) is 0 Å². The maximum Gasteiger partial charge on any atom is 0.351 e. The van der Waals surface area contributed by atoms with Gasteiger partial charge >= 0.3 is 5.97 Å². The summed E-state index contributed by atoms with van der Waals surface area (Å²) in [7, 11) is 0. The molecule has 0 bridgehead atoms. The summed E-state index contributed by atoms with van der Waals surface area (Å²) in [5.74, 6) is 0.400. The van der Waals surface area contributed by atoms with E-state index in [0.29, 0.717) is 22.8 Å². The van der Waals surface area contributed by atoms with Crippen LogP contribution >= 0.6 is 0 Å². The van der Waals surface area contributed by atoms with Crippen LogP contribution in [-0.4, -0.2) is 24.6 Å². The molecule has 0 aliphatic carbocycles. The van der Waals surface area contributed by atoms with Crippen LogP contribution in [0.3, 0.4) is 0 Å². The molecule has 134 valence electrons. The first-order valence-electron chi connectivity index (χ1n) is 8.19. The third-order valence-corrected chi connectivity index (χ3v) is 4.25. The second kappa shape index (κ2) is 6.67. The topological polar surface area (TPSA) is 66.4 Å². The summed E-state index contributed by atoms with van der Waals surface area (Å²) in [5, 5.41) is 3.89. The number of carbonyl (C=O) groups excluding carboxylic acids is 1. The minimum Gasteiger partial charge on any atom is -0.455 e. The Morgan fingerprint density at radius 3 is 2.92 bits per heavy atom. The van der Waals surface area contributed by atoms with E-state index in [9.17, 15) is 9.18 Å². The summed E-state index contributed by atoms with van der Waals surface area (Å²) in [4.78, 5) is 17.5. The highest BCUT2D eigenvalue weighted by Crippen LogP contribution is 2.35. The van der Waals surface area contributed by atoms with E-state index in [0.717, 1.165) is 5.56 Å². The van der Waals surface area contributed by atoms with Gasteiger partial charge in [-0.2, -0.15) is 0 Å². The van der Waals surface area contributed by atoms with E-state index < -0.39 is 18.2 Å². The average Bonchev–Trinajstić information content (AvgIpc) is 3.30. The Labute approximate surface area is 149 Å². The number of carbonyl (C=O) groups is 1. The molecule has 0 radical (unpaired) electrons. The summed E-state index contributed by atoms with van der Waals surface area (Å²) in [6.07, 6.45) is -1.10. The average molecular weight is 357 g/mol. The molecule has 0 aromatic heterocycles. The van der Waals surface area contributed by atoms with E-state index in [4.69, 9.17) is 19.0 Å². The minimum atomic E-state index is -0.843. The predicted octanol–water partition coefficient (Wildman–Crippen LogP) is 3.35. The van der Waals surface area contributed by atoms with Crippen LogP contribution in [0.15, 0.2) is 47.6 Å². The van der Waals surface area contributed by atoms with Gasteiger partial charge in [0.05, 0.1) is 5.71 Å². The van der Waals surface area contributed by atoms with E-state index >= 15 is 0 Å². The molecule has 0 N–H and O–H groups in total. The van der Waals surface area contributed by atoms with Crippen molar-refractivity contribution in [1.82, 2.24) is 0 Å². The van der Waals surface area contributed by atoms with Gasteiger partial charge in [-0.1, -0.05) is 23.4 Å². The summed E-state index contributed by atoms with van der Waals surface area (Å²) in [6.45, 7) is 1.95. The summed E-state index contributed by atoms with van der Waals surface area (Å²) in [5.41, 5.74) is 1.89. The number of rotatable bonds is 4. The molecule has 6 nitrogen and oxygen atoms in total. The van der Waals surface area contributed by atoms with Crippen molar-refractivity contribution < 1.29 is 28.2 Å². The molecule has 2 heterocycles. The van der Waals surface area contributed by atoms with Gasteiger partial charge in [-0.25, -0.2) is 9.18 Å². The normalized spacial score (nSPS) is 18.8. The number of oxime groups is 1. The maximum atomic E-state index is 13.3. The van der Waals surface area contributed by atoms with E-state index in [1.165, 1.54) is 12.1 Å². The molecule has 0 fully saturated rings. The highest BCUT2D eigenvalue weighted by Gasteiger charge is 2.32. The summed E-state index contributed by atoms with van der Waals surface area (Å²) < 4.78 is 29.4. The van der Waals surface area contributed by atoms with E-state index in [1.807, 2.05) is 6.07 Å². The Morgan fingerprint density at radius 2 is 2.08 bits per heavy atom. The van der Waals surface area contributed by atoms with Gasteiger partial charge in [0.1, 0.15) is 11.9 Å². The Balaban J connectivity index is 1.38. The number of hydrogen-bond donors (Lipinski definition) is 0. The molecule has 0 saturated heterocycles. The van der Waals surface area contributed by atoms with E-state index in [1.54, 1.807) is 31.2 Å². The fourth-order valence-electron chi connectivity index (χ4n) is 2.83. The lowest BCUT2D eigenvalue weighted by atomic mass is 10.0. The summed E-state index contributed by atoms with van der Waals surface area (Å²) >= 11 is 0. The van der Waals surface area contributed by atoms with Gasteiger partial charge in [-0.05, 0) is 36.8 Å². The van der Waals surface area contributed by atoms with Crippen LogP contribution in [0.2, 0.25) is 0 Å². The number of benzene rings is 2. The first-order valence-corrected chi connectivity index (χ1v) is 8.19. The Morgan fingerprint density at radius 1 is 1.23 bits per heavy atom. The van der Waals surface area contributed by atoms with Crippen LogP contribution < -0.4 is 9.47 Å². The smallest absolute Gasteiger partial charge is 0.351 e. The van der Waals surface area contributed by atoms with Crippen LogP contribution in [0.4, 0.5) is 4.39 Å². The van der Waals surface area contributed by atoms with Gasteiger partial charge < -0.3 is 19.0 Å². The zero-order valence-corrected chi connectivity index (χ0v) is 14.0. The van der Waals surface area contributed by atoms with Gasteiger partial charge in [-0.3, -0.25) is 0 Å². The van der Waals surface area contributed by atoms with Crippen molar-refractivity contribution in [3.8, 4) is 11.5 Å². The van der Waals surface area contributed by atoms with Gasteiger partial charge in [0.25, 0.3) is 0 Å². The highest BCUT2D eigenvalue weighted by atomic mass is 19.1. The summed E-state index contributed by atoms with van der Waals surface area (Å²) in [6, 6.07) is 11.4. The fourth-order valence-corrected chi connectivity index (χ4v) is 2.83. The molecule has 0 amide bonds. The lowest BCUT2D eigenvalue weighted by Gasteiger charge is -2.16. The second-order valence-corrected chi connectivity index (χ2v) is 6.04. The van der Waals surface area contributed by atoms with E-state index in [-0.39, 0.29) is 19.0 Å². The number of hydrogen-bond acceptors (Lipinski definition) is 6. The van der Waals surface area contributed by atoms with Crippen LogP contribution in [0.5, 0.6) is 11.5 Å². The molecule has 2 aliphatic rings. The van der Waals surface area contributed by atoms with E-state index in [2.05, 4.69) is 5.16 Å². The maximum absolute atomic E-state index is 13.3. The lowest BCUT2D eigenvalue weighted by Crippen LogP contribution is -2.24. The van der Waals surface area contributed by atoms with Crippen LogP contribution in [-0.2, 0) is 14.4 Å².